The van der Waals surface area contributed by atoms with Gasteiger partial charge in [-0.2, -0.15) is 0 Å². The van der Waals surface area contributed by atoms with E-state index in [1.54, 1.807) is 12.1 Å². The minimum atomic E-state index is -3.74. The van der Waals surface area contributed by atoms with Crippen LogP contribution in [0.5, 0.6) is 0 Å². The van der Waals surface area contributed by atoms with E-state index in [1.165, 1.54) is 12.1 Å². The molecule has 4 rings (SSSR count). The van der Waals surface area contributed by atoms with Gasteiger partial charge in [-0.1, -0.05) is 24.4 Å². The van der Waals surface area contributed by atoms with E-state index < -0.39 is 14.6 Å². The topological polar surface area (TPSA) is 66.5 Å². The predicted octanol–water partition coefficient (Wildman–Crippen LogP) is 2.10. The van der Waals surface area contributed by atoms with Gasteiger partial charge in [-0.25, -0.2) is 8.42 Å². The average molecular weight is 383 g/mol. The third-order valence-corrected chi connectivity index (χ3v) is 8.87. The summed E-state index contributed by atoms with van der Waals surface area (Å²) in [5, 5.41) is 3.85. The maximum Gasteiger partial charge on any atom is 0.244 e. The van der Waals surface area contributed by atoms with Crippen molar-refractivity contribution in [3.63, 3.8) is 0 Å². The highest BCUT2D eigenvalue weighted by atomic mass is 35.5. The van der Waals surface area contributed by atoms with Crippen molar-refractivity contribution in [2.24, 2.45) is 11.8 Å². The summed E-state index contributed by atoms with van der Waals surface area (Å²) in [5.74, 6) is 0.732. The molecule has 3 aliphatic rings. The third-order valence-electron chi connectivity index (χ3n) is 6.12. The van der Waals surface area contributed by atoms with Crippen LogP contribution in [0.3, 0.4) is 0 Å². The molecule has 2 heterocycles. The molecule has 2 aliphatic heterocycles. The Kier molecular flexibility index (Phi) is 4.33. The van der Waals surface area contributed by atoms with Crippen LogP contribution in [0.25, 0.3) is 0 Å². The molecule has 2 saturated heterocycles. The number of sulfone groups is 1. The Bertz CT molecular complexity index is 760. The number of hydrogen-bond acceptors (Lipinski definition) is 4. The van der Waals surface area contributed by atoms with Crippen molar-refractivity contribution in [2.75, 3.05) is 26.2 Å². The molecule has 1 N–H and O–H groups in total. The molecule has 1 saturated carbocycles. The van der Waals surface area contributed by atoms with E-state index in [2.05, 4.69) is 5.32 Å². The zero-order chi connectivity index (χ0) is 17.7. The van der Waals surface area contributed by atoms with E-state index in [9.17, 15) is 13.2 Å². The van der Waals surface area contributed by atoms with Crippen molar-refractivity contribution in [2.45, 2.75) is 35.3 Å². The molecule has 0 unspecified atom stereocenters. The number of carbonyl (C=O) groups excluding carboxylic acids is 1. The highest BCUT2D eigenvalue weighted by Gasteiger charge is 2.56. The highest BCUT2D eigenvalue weighted by Crippen LogP contribution is 2.43. The molecule has 2 atom stereocenters. The summed E-state index contributed by atoms with van der Waals surface area (Å²) in [6.45, 7) is 3.19. The van der Waals surface area contributed by atoms with Crippen LogP contribution in [0, 0.1) is 11.8 Å². The monoisotopic (exact) mass is 382 g/mol. The van der Waals surface area contributed by atoms with Gasteiger partial charge in [-0.3, -0.25) is 4.79 Å². The molecule has 3 fully saturated rings. The third kappa shape index (κ3) is 2.69. The fourth-order valence-electron chi connectivity index (χ4n) is 4.69. The van der Waals surface area contributed by atoms with Crippen molar-refractivity contribution < 1.29 is 13.2 Å². The molecule has 0 spiro atoms. The lowest BCUT2D eigenvalue weighted by atomic mass is 10.0. The van der Waals surface area contributed by atoms with Crippen LogP contribution in [-0.2, 0) is 14.6 Å². The van der Waals surface area contributed by atoms with Gasteiger partial charge in [0.25, 0.3) is 0 Å². The number of fused-ring (bicyclic) bond motifs is 1. The van der Waals surface area contributed by atoms with E-state index in [0.29, 0.717) is 42.8 Å². The summed E-state index contributed by atoms with van der Waals surface area (Å²) >= 11 is 5.90. The van der Waals surface area contributed by atoms with Crippen LogP contribution in [0.4, 0.5) is 0 Å². The molecule has 0 radical (unpaired) electrons. The molecule has 136 valence electrons. The van der Waals surface area contributed by atoms with E-state index in [1.807, 2.05) is 4.90 Å². The Hall–Kier alpha value is -1.11. The Morgan fingerprint density at radius 2 is 1.64 bits per heavy atom. The average Bonchev–Trinajstić information content (AvgIpc) is 3.30. The van der Waals surface area contributed by atoms with Gasteiger partial charge >= 0.3 is 0 Å². The first-order chi connectivity index (χ1) is 11.9. The summed E-state index contributed by atoms with van der Waals surface area (Å²) in [6.07, 6.45) is 2.39. The lowest BCUT2D eigenvalue weighted by molar-refractivity contribution is -0.133. The molecule has 5 nitrogen and oxygen atoms in total. The lowest BCUT2D eigenvalue weighted by Crippen LogP contribution is -2.52. The van der Waals surface area contributed by atoms with Gasteiger partial charge in [-0.05, 0) is 48.9 Å². The van der Waals surface area contributed by atoms with Gasteiger partial charge in [0.1, 0.15) is 0 Å². The number of nitrogens with zero attached hydrogens (tertiary/aromatic N) is 1. The van der Waals surface area contributed by atoms with Crippen LogP contribution in [0.2, 0.25) is 5.02 Å². The van der Waals surface area contributed by atoms with Gasteiger partial charge < -0.3 is 10.2 Å². The molecular formula is C18H23ClN2O3S. The minimum absolute atomic E-state index is 0.186. The fraction of sp³-hybridized carbons (Fsp3) is 0.611. The van der Waals surface area contributed by atoms with Crippen LogP contribution in [-0.4, -0.2) is 50.2 Å². The molecule has 0 aromatic heterocycles. The number of rotatable bonds is 3. The smallest absolute Gasteiger partial charge is 0.244 e. The summed E-state index contributed by atoms with van der Waals surface area (Å²) in [5.41, 5.74) is 0. The zero-order valence-electron chi connectivity index (χ0n) is 14.1. The molecule has 1 aromatic rings. The zero-order valence-corrected chi connectivity index (χ0v) is 15.7. The number of likely N-dealkylation sites (tertiary alicyclic amines) is 1. The first-order valence-electron chi connectivity index (χ1n) is 8.94. The van der Waals surface area contributed by atoms with Crippen LogP contribution in [0.15, 0.2) is 29.2 Å². The SMILES string of the molecule is O=C(N1C[C@H]2CNC[C@H]2C1)C1(S(=O)(=O)c2ccc(Cl)cc2)CCCC1. The second kappa shape index (κ2) is 6.25. The molecule has 7 heteroatoms. The molecule has 1 amide bonds. The van der Waals surface area contributed by atoms with Crippen LogP contribution < -0.4 is 5.32 Å². The van der Waals surface area contributed by atoms with Crippen molar-refractivity contribution in [1.82, 2.24) is 10.2 Å². The Morgan fingerprint density at radius 3 is 2.20 bits per heavy atom. The minimum Gasteiger partial charge on any atom is -0.341 e. The van der Waals surface area contributed by atoms with E-state index in [4.69, 9.17) is 11.6 Å². The van der Waals surface area contributed by atoms with Crippen molar-refractivity contribution in [3.05, 3.63) is 29.3 Å². The fourth-order valence-corrected chi connectivity index (χ4v) is 6.95. The maximum absolute atomic E-state index is 13.4. The normalized spacial score (nSPS) is 28.3. The number of nitrogens with one attached hydrogen (secondary N) is 1. The Labute approximate surface area is 153 Å². The first kappa shape index (κ1) is 17.3. The van der Waals surface area contributed by atoms with Gasteiger partial charge in [-0.15, -0.1) is 0 Å². The van der Waals surface area contributed by atoms with Crippen molar-refractivity contribution >= 4 is 27.3 Å². The van der Waals surface area contributed by atoms with Crippen LogP contribution in [0.1, 0.15) is 25.7 Å². The number of carbonyl (C=O) groups is 1. The van der Waals surface area contributed by atoms with Gasteiger partial charge in [0.2, 0.25) is 5.91 Å². The van der Waals surface area contributed by atoms with Gasteiger partial charge in [0.05, 0.1) is 4.90 Å². The second-order valence-electron chi connectivity index (χ2n) is 7.55. The quantitative estimate of drug-likeness (QED) is 0.869. The Balaban J connectivity index is 1.67. The number of benzene rings is 1. The Morgan fingerprint density at radius 1 is 1.08 bits per heavy atom. The van der Waals surface area contributed by atoms with E-state index in [0.717, 1.165) is 25.9 Å². The molecule has 25 heavy (non-hydrogen) atoms. The van der Waals surface area contributed by atoms with Gasteiger partial charge in [0.15, 0.2) is 14.6 Å². The largest absolute Gasteiger partial charge is 0.341 e. The van der Waals surface area contributed by atoms with E-state index in [-0.39, 0.29) is 10.8 Å². The standard InChI is InChI=1S/C18H23ClN2O3S/c19-15-3-5-16(6-4-15)25(23,24)18(7-1-2-8-18)17(22)21-11-13-9-20-10-14(13)12-21/h3-6,13-14,20H,1-2,7-12H2/t13-,14+. The van der Waals surface area contributed by atoms with Crippen molar-refractivity contribution in [3.8, 4) is 0 Å². The summed E-state index contributed by atoms with van der Waals surface area (Å²) in [6, 6.07) is 6.20. The van der Waals surface area contributed by atoms with Crippen molar-refractivity contribution in [1.29, 1.82) is 0 Å². The second-order valence-corrected chi connectivity index (χ2v) is 10.2. The molecule has 1 aliphatic carbocycles. The summed E-state index contributed by atoms with van der Waals surface area (Å²) in [7, 11) is -3.74. The molecule has 0 bridgehead atoms. The van der Waals surface area contributed by atoms with Crippen LogP contribution >= 0.6 is 11.6 Å². The number of hydrogen-bond donors (Lipinski definition) is 1. The molecule has 1 aromatic carbocycles. The summed E-state index contributed by atoms with van der Waals surface area (Å²) < 4.78 is 25.5. The number of halogens is 1. The lowest BCUT2D eigenvalue weighted by Gasteiger charge is -2.32. The van der Waals surface area contributed by atoms with E-state index >= 15 is 0 Å². The maximum atomic E-state index is 13.4. The van der Waals surface area contributed by atoms with Gasteiger partial charge in [0, 0.05) is 31.2 Å². The predicted molar refractivity (Wildman–Crippen MR) is 96.3 cm³/mol. The molecular weight excluding hydrogens is 360 g/mol. The summed E-state index contributed by atoms with van der Waals surface area (Å²) in [4.78, 5) is 15.4. The highest BCUT2D eigenvalue weighted by molar-refractivity contribution is 7.93. The first-order valence-corrected chi connectivity index (χ1v) is 10.8. The number of amides is 1.